The number of hydrogen-bond acceptors (Lipinski definition) is 4. The minimum absolute atomic E-state index is 0.123. The highest BCUT2D eigenvalue weighted by Crippen LogP contribution is 2.35. The second-order valence-electron chi connectivity index (χ2n) is 5.17. The number of halogens is 3. The molecule has 0 N–H and O–H groups in total. The average Bonchev–Trinajstić information content (AvgIpc) is 2.45. The van der Waals surface area contributed by atoms with Crippen LogP contribution in [0.25, 0.3) is 11.1 Å². The monoisotopic (exact) mass is 341 g/mol. The minimum atomic E-state index is -4.79. The SMILES string of the molecule is CC(C)Oc1ccc([N+](=O)[O-])c(-c2ccc(OC(F)(F)F)cc2)c1. The van der Waals surface area contributed by atoms with Gasteiger partial charge in [-0.15, -0.1) is 13.2 Å². The van der Waals surface area contributed by atoms with E-state index in [-0.39, 0.29) is 17.4 Å². The zero-order chi connectivity index (χ0) is 17.9. The van der Waals surface area contributed by atoms with E-state index in [1.807, 2.05) is 13.8 Å². The molecule has 0 heterocycles. The van der Waals surface area contributed by atoms with E-state index >= 15 is 0 Å². The maximum Gasteiger partial charge on any atom is 0.573 e. The van der Waals surface area contributed by atoms with Crippen LogP contribution in [-0.2, 0) is 0 Å². The molecule has 5 nitrogen and oxygen atoms in total. The van der Waals surface area contributed by atoms with Crippen LogP contribution in [-0.4, -0.2) is 17.4 Å². The fraction of sp³-hybridized carbons (Fsp3) is 0.250. The molecule has 128 valence electrons. The van der Waals surface area contributed by atoms with E-state index in [4.69, 9.17) is 4.74 Å². The molecular formula is C16H14F3NO4. The van der Waals surface area contributed by atoms with Crippen molar-refractivity contribution in [2.24, 2.45) is 0 Å². The Kier molecular flexibility index (Phi) is 4.96. The first kappa shape index (κ1) is 17.6. The van der Waals surface area contributed by atoms with Crippen LogP contribution in [0, 0.1) is 10.1 Å². The number of nitrogens with zero attached hydrogens (tertiary/aromatic N) is 1. The summed E-state index contributed by atoms with van der Waals surface area (Å²) in [5, 5.41) is 11.2. The molecule has 2 aromatic carbocycles. The van der Waals surface area contributed by atoms with Crippen LogP contribution in [0.4, 0.5) is 18.9 Å². The Hall–Kier alpha value is -2.77. The van der Waals surface area contributed by atoms with Crippen molar-refractivity contribution in [3.63, 3.8) is 0 Å². The van der Waals surface area contributed by atoms with Gasteiger partial charge in [0.05, 0.1) is 16.6 Å². The van der Waals surface area contributed by atoms with Crippen LogP contribution in [0.5, 0.6) is 11.5 Å². The van der Waals surface area contributed by atoms with Gasteiger partial charge in [-0.05, 0) is 43.7 Å². The number of nitro benzene ring substituents is 1. The molecule has 2 aromatic rings. The quantitative estimate of drug-likeness (QED) is 0.570. The standard InChI is InChI=1S/C16H14F3NO4/c1-10(2)23-13-7-8-15(20(21)22)14(9-13)11-3-5-12(6-4-11)24-16(17,18)19/h3-10H,1-2H3. The summed E-state index contributed by atoms with van der Waals surface area (Å²) in [6.07, 6.45) is -4.92. The molecule has 0 radical (unpaired) electrons. The summed E-state index contributed by atoms with van der Waals surface area (Å²) in [4.78, 5) is 10.6. The van der Waals surface area contributed by atoms with Crippen molar-refractivity contribution < 1.29 is 27.6 Å². The number of benzene rings is 2. The molecule has 0 unspecified atom stereocenters. The summed E-state index contributed by atoms with van der Waals surface area (Å²) in [7, 11) is 0. The van der Waals surface area contributed by atoms with Crippen LogP contribution in [0.2, 0.25) is 0 Å². The number of rotatable bonds is 5. The summed E-state index contributed by atoms with van der Waals surface area (Å²) in [5.41, 5.74) is 0.456. The lowest BCUT2D eigenvalue weighted by atomic mass is 10.0. The van der Waals surface area contributed by atoms with Gasteiger partial charge in [-0.25, -0.2) is 0 Å². The second-order valence-corrected chi connectivity index (χ2v) is 5.17. The Labute approximate surface area is 135 Å². The molecule has 0 bridgehead atoms. The maximum absolute atomic E-state index is 12.2. The fourth-order valence-electron chi connectivity index (χ4n) is 2.09. The van der Waals surface area contributed by atoms with Crippen LogP contribution in [0.15, 0.2) is 42.5 Å². The van der Waals surface area contributed by atoms with Crippen molar-refractivity contribution in [1.29, 1.82) is 0 Å². The number of hydrogen-bond donors (Lipinski definition) is 0. The van der Waals surface area contributed by atoms with Gasteiger partial charge in [-0.1, -0.05) is 12.1 Å². The molecule has 0 spiro atoms. The zero-order valence-electron chi connectivity index (χ0n) is 12.8. The third-order valence-corrected chi connectivity index (χ3v) is 2.94. The summed E-state index contributed by atoms with van der Waals surface area (Å²) < 4.78 is 45.8. The lowest BCUT2D eigenvalue weighted by Crippen LogP contribution is -2.16. The van der Waals surface area contributed by atoms with Crippen LogP contribution >= 0.6 is 0 Å². The van der Waals surface area contributed by atoms with Gasteiger partial charge in [-0.3, -0.25) is 10.1 Å². The summed E-state index contributed by atoms with van der Waals surface area (Å²) in [6.45, 7) is 3.62. The van der Waals surface area contributed by atoms with Crippen molar-refractivity contribution in [3.8, 4) is 22.6 Å². The van der Waals surface area contributed by atoms with Gasteiger partial charge >= 0.3 is 6.36 Å². The Balaban J connectivity index is 2.40. The van der Waals surface area contributed by atoms with Gasteiger partial charge in [-0.2, -0.15) is 0 Å². The smallest absolute Gasteiger partial charge is 0.491 e. The van der Waals surface area contributed by atoms with Crippen molar-refractivity contribution in [3.05, 3.63) is 52.6 Å². The highest BCUT2D eigenvalue weighted by molar-refractivity contribution is 5.75. The van der Waals surface area contributed by atoms with Crippen LogP contribution < -0.4 is 9.47 Å². The summed E-state index contributed by atoms with van der Waals surface area (Å²) >= 11 is 0. The molecule has 2 rings (SSSR count). The lowest BCUT2D eigenvalue weighted by Gasteiger charge is -2.12. The normalized spacial score (nSPS) is 11.4. The molecule has 0 aliphatic heterocycles. The van der Waals surface area contributed by atoms with Gasteiger partial charge in [0.25, 0.3) is 5.69 Å². The third kappa shape index (κ3) is 4.61. The molecule has 24 heavy (non-hydrogen) atoms. The topological polar surface area (TPSA) is 61.6 Å². The van der Waals surface area contributed by atoms with E-state index in [2.05, 4.69) is 4.74 Å². The van der Waals surface area contributed by atoms with Crippen LogP contribution in [0.1, 0.15) is 13.8 Å². The first-order valence-corrected chi connectivity index (χ1v) is 6.97. The number of nitro groups is 1. The molecule has 0 atom stereocenters. The first-order valence-electron chi connectivity index (χ1n) is 6.97. The maximum atomic E-state index is 12.2. The van der Waals surface area contributed by atoms with E-state index < -0.39 is 17.0 Å². The minimum Gasteiger partial charge on any atom is -0.491 e. The van der Waals surface area contributed by atoms with E-state index in [0.717, 1.165) is 12.1 Å². The molecule has 0 aliphatic carbocycles. The molecule has 0 aliphatic rings. The highest BCUT2D eigenvalue weighted by Gasteiger charge is 2.31. The second kappa shape index (κ2) is 6.77. The largest absolute Gasteiger partial charge is 0.573 e. The Morgan fingerprint density at radius 1 is 1.04 bits per heavy atom. The van der Waals surface area contributed by atoms with Crippen molar-refractivity contribution in [2.45, 2.75) is 26.3 Å². The average molecular weight is 341 g/mol. The van der Waals surface area contributed by atoms with E-state index in [0.29, 0.717) is 11.3 Å². The highest BCUT2D eigenvalue weighted by atomic mass is 19.4. The first-order chi connectivity index (χ1) is 11.2. The van der Waals surface area contributed by atoms with Gasteiger partial charge in [0, 0.05) is 6.07 Å². The molecular weight excluding hydrogens is 327 g/mol. The van der Waals surface area contributed by atoms with Crippen LogP contribution in [0.3, 0.4) is 0 Å². The lowest BCUT2D eigenvalue weighted by molar-refractivity contribution is -0.384. The van der Waals surface area contributed by atoms with Crippen molar-refractivity contribution >= 4 is 5.69 Å². The molecule has 0 fully saturated rings. The predicted octanol–water partition coefficient (Wildman–Crippen LogP) is 4.95. The number of alkyl halides is 3. The van der Waals surface area contributed by atoms with Crippen molar-refractivity contribution in [1.82, 2.24) is 0 Å². The third-order valence-electron chi connectivity index (χ3n) is 2.94. The van der Waals surface area contributed by atoms with Gasteiger partial charge in [0.15, 0.2) is 0 Å². The molecule has 8 heteroatoms. The molecule has 0 saturated heterocycles. The molecule has 0 aromatic heterocycles. The van der Waals surface area contributed by atoms with E-state index in [1.54, 1.807) is 0 Å². The number of ether oxygens (including phenoxy) is 2. The zero-order valence-corrected chi connectivity index (χ0v) is 12.8. The molecule has 0 amide bonds. The summed E-state index contributed by atoms with van der Waals surface area (Å²) in [5.74, 6) is 0.0321. The predicted molar refractivity (Wildman–Crippen MR) is 81.0 cm³/mol. The van der Waals surface area contributed by atoms with Gasteiger partial charge in [0.1, 0.15) is 11.5 Å². The van der Waals surface area contributed by atoms with E-state index in [1.165, 1.54) is 30.3 Å². The Morgan fingerprint density at radius 2 is 1.62 bits per heavy atom. The van der Waals surface area contributed by atoms with E-state index in [9.17, 15) is 23.3 Å². The summed E-state index contributed by atoms with van der Waals surface area (Å²) in [6, 6.07) is 9.10. The fourth-order valence-corrected chi connectivity index (χ4v) is 2.09. The Bertz CT molecular complexity index is 727. The Morgan fingerprint density at radius 3 is 2.12 bits per heavy atom. The molecule has 0 saturated carbocycles. The van der Waals surface area contributed by atoms with Gasteiger partial charge in [0.2, 0.25) is 0 Å². The van der Waals surface area contributed by atoms with Gasteiger partial charge < -0.3 is 9.47 Å². The van der Waals surface area contributed by atoms with Crippen molar-refractivity contribution in [2.75, 3.05) is 0 Å².